The molecule has 1 aliphatic heterocycles. The molecule has 1 heterocycles. The molecule has 0 saturated carbocycles. The fourth-order valence-electron chi connectivity index (χ4n) is 2.04. The number of hydrogen-bond donors (Lipinski definition) is 0. The van der Waals surface area contributed by atoms with E-state index in [2.05, 4.69) is 5.18 Å². The third kappa shape index (κ3) is 2.00. The van der Waals surface area contributed by atoms with E-state index in [4.69, 9.17) is 4.74 Å². The first-order valence-electron chi connectivity index (χ1n) is 5.48. The van der Waals surface area contributed by atoms with Gasteiger partial charge in [0.05, 0.1) is 12.8 Å². The summed E-state index contributed by atoms with van der Waals surface area (Å²) in [6.07, 6.45) is 0.433. The fourth-order valence-corrected chi connectivity index (χ4v) is 2.04. The number of rotatable bonds is 2. The van der Waals surface area contributed by atoms with Crippen molar-refractivity contribution in [2.45, 2.75) is 19.4 Å². The highest BCUT2D eigenvalue weighted by Crippen LogP contribution is 2.31. The highest BCUT2D eigenvalue weighted by atomic mass is 16.5. The summed E-state index contributed by atoms with van der Waals surface area (Å²) in [6, 6.07) is 5.25. The van der Waals surface area contributed by atoms with Gasteiger partial charge in [-0.25, -0.2) is 4.79 Å². The number of carbonyl (C=O) groups is 1. The van der Waals surface area contributed by atoms with Gasteiger partial charge in [0.15, 0.2) is 0 Å². The Kier molecular flexibility index (Phi) is 3.08. The SMILES string of the molecule is COC(=O)N1CCc2cc(C(C)N=O)ccc21. The fraction of sp³-hybridized carbons (Fsp3) is 0.417. The maximum Gasteiger partial charge on any atom is 0.414 e. The van der Waals surface area contributed by atoms with Crippen molar-refractivity contribution in [3.63, 3.8) is 0 Å². The zero-order chi connectivity index (χ0) is 12.4. The van der Waals surface area contributed by atoms with Crippen molar-refractivity contribution in [2.24, 2.45) is 5.18 Å². The van der Waals surface area contributed by atoms with Crippen molar-refractivity contribution in [1.29, 1.82) is 0 Å². The first kappa shape index (κ1) is 11.6. The molecule has 2 rings (SSSR count). The lowest BCUT2D eigenvalue weighted by atomic mass is 10.0. The van der Waals surface area contributed by atoms with Gasteiger partial charge in [0.1, 0.15) is 6.04 Å². The topological polar surface area (TPSA) is 59.0 Å². The largest absolute Gasteiger partial charge is 0.452 e. The van der Waals surface area contributed by atoms with E-state index in [1.165, 1.54) is 7.11 Å². The predicted molar refractivity (Wildman–Crippen MR) is 64.1 cm³/mol. The summed E-state index contributed by atoms with van der Waals surface area (Å²) < 4.78 is 4.71. The van der Waals surface area contributed by atoms with Crippen LogP contribution in [0.25, 0.3) is 0 Å². The van der Waals surface area contributed by atoms with Crippen LogP contribution in [0.1, 0.15) is 24.1 Å². The number of benzene rings is 1. The molecule has 0 aromatic heterocycles. The Morgan fingerprint density at radius 3 is 2.94 bits per heavy atom. The van der Waals surface area contributed by atoms with E-state index >= 15 is 0 Å². The molecule has 1 unspecified atom stereocenters. The molecule has 0 aliphatic carbocycles. The maximum absolute atomic E-state index is 11.5. The zero-order valence-electron chi connectivity index (χ0n) is 9.84. The monoisotopic (exact) mass is 234 g/mol. The number of ether oxygens (including phenoxy) is 1. The molecule has 5 heteroatoms. The summed E-state index contributed by atoms with van der Waals surface area (Å²) in [6.45, 7) is 2.37. The molecule has 0 saturated heterocycles. The molecule has 1 aromatic rings. The molecule has 1 aliphatic rings. The third-order valence-corrected chi connectivity index (χ3v) is 3.03. The highest BCUT2D eigenvalue weighted by molar-refractivity contribution is 5.90. The molecule has 0 fully saturated rings. The Balaban J connectivity index is 2.31. The molecule has 1 aromatic carbocycles. The Labute approximate surface area is 99.3 Å². The average molecular weight is 234 g/mol. The van der Waals surface area contributed by atoms with Crippen LogP contribution in [0.3, 0.4) is 0 Å². The van der Waals surface area contributed by atoms with Gasteiger partial charge in [0.2, 0.25) is 0 Å². The van der Waals surface area contributed by atoms with Crippen molar-refractivity contribution in [2.75, 3.05) is 18.6 Å². The average Bonchev–Trinajstić information content (AvgIpc) is 2.79. The van der Waals surface area contributed by atoms with Crippen LogP contribution in [0, 0.1) is 4.91 Å². The van der Waals surface area contributed by atoms with E-state index in [9.17, 15) is 9.70 Å². The van der Waals surface area contributed by atoms with E-state index in [1.54, 1.807) is 11.8 Å². The number of nitrogens with zero attached hydrogens (tertiary/aromatic N) is 2. The maximum atomic E-state index is 11.5. The van der Waals surface area contributed by atoms with Crippen LogP contribution in [0.15, 0.2) is 23.4 Å². The number of fused-ring (bicyclic) bond motifs is 1. The highest BCUT2D eigenvalue weighted by Gasteiger charge is 2.25. The van der Waals surface area contributed by atoms with E-state index < -0.39 is 0 Å². The van der Waals surface area contributed by atoms with Gasteiger partial charge in [-0.2, -0.15) is 4.91 Å². The van der Waals surface area contributed by atoms with Crippen LogP contribution in [-0.4, -0.2) is 19.7 Å². The second kappa shape index (κ2) is 4.53. The molecule has 0 radical (unpaired) electrons. The Bertz CT molecular complexity index is 459. The van der Waals surface area contributed by atoms with Crippen LogP contribution < -0.4 is 4.90 Å². The Hall–Kier alpha value is -1.91. The van der Waals surface area contributed by atoms with Gasteiger partial charge in [0.25, 0.3) is 0 Å². The van der Waals surface area contributed by atoms with Crippen molar-refractivity contribution in [3.05, 3.63) is 34.2 Å². The Morgan fingerprint density at radius 1 is 1.53 bits per heavy atom. The molecule has 0 N–H and O–H groups in total. The lowest BCUT2D eigenvalue weighted by Crippen LogP contribution is -2.28. The normalized spacial score (nSPS) is 15.3. The van der Waals surface area contributed by atoms with E-state index in [0.29, 0.717) is 6.54 Å². The van der Waals surface area contributed by atoms with E-state index in [-0.39, 0.29) is 12.1 Å². The van der Waals surface area contributed by atoms with Crippen LogP contribution in [-0.2, 0) is 11.2 Å². The van der Waals surface area contributed by atoms with Crippen molar-refractivity contribution < 1.29 is 9.53 Å². The lowest BCUT2D eigenvalue weighted by molar-refractivity contribution is 0.179. The minimum Gasteiger partial charge on any atom is -0.452 e. The van der Waals surface area contributed by atoms with Gasteiger partial charge in [0, 0.05) is 6.54 Å². The van der Waals surface area contributed by atoms with Crippen LogP contribution in [0.2, 0.25) is 0 Å². The summed E-state index contributed by atoms with van der Waals surface area (Å²) >= 11 is 0. The zero-order valence-corrected chi connectivity index (χ0v) is 9.84. The number of nitroso groups, excluding NO2 is 1. The molecular formula is C12H14N2O3. The van der Waals surface area contributed by atoms with E-state index in [1.807, 2.05) is 18.2 Å². The van der Waals surface area contributed by atoms with Crippen molar-refractivity contribution in [3.8, 4) is 0 Å². The predicted octanol–water partition coefficient (Wildman–Crippen LogP) is 2.64. The number of carbonyl (C=O) groups excluding carboxylic acids is 1. The summed E-state index contributed by atoms with van der Waals surface area (Å²) in [5.74, 6) is 0. The van der Waals surface area contributed by atoms with Crippen molar-refractivity contribution in [1.82, 2.24) is 0 Å². The number of methoxy groups -OCH3 is 1. The van der Waals surface area contributed by atoms with Crippen molar-refractivity contribution >= 4 is 11.8 Å². The van der Waals surface area contributed by atoms with Crippen LogP contribution >= 0.6 is 0 Å². The molecule has 90 valence electrons. The first-order valence-corrected chi connectivity index (χ1v) is 5.48. The second-order valence-electron chi connectivity index (χ2n) is 4.04. The van der Waals surface area contributed by atoms with Gasteiger partial charge in [-0.05, 0) is 30.5 Å². The molecule has 0 spiro atoms. The molecule has 0 bridgehead atoms. The summed E-state index contributed by atoms with van der Waals surface area (Å²) in [4.78, 5) is 23.6. The van der Waals surface area contributed by atoms with E-state index in [0.717, 1.165) is 23.2 Å². The summed E-state index contributed by atoms with van der Waals surface area (Å²) in [5.41, 5.74) is 2.80. The summed E-state index contributed by atoms with van der Waals surface area (Å²) in [7, 11) is 1.37. The van der Waals surface area contributed by atoms with Gasteiger partial charge in [-0.3, -0.25) is 4.90 Å². The minimum atomic E-state index is -0.354. The molecule has 5 nitrogen and oxygen atoms in total. The third-order valence-electron chi connectivity index (χ3n) is 3.03. The molecular weight excluding hydrogens is 220 g/mol. The van der Waals surface area contributed by atoms with Crippen LogP contribution in [0.5, 0.6) is 0 Å². The Morgan fingerprint density at radius 2 is 2.29 bits per heavy atom. The molecule has 17 heavy (non-hydrogen) atoms. The smallest absolute Gasteiger partial charge is 0.414 e. The van der Waals surface area contributed by atoms with Gasteiger partial charge < -0.3 is 4.74 Å². The van der Waals surface area contributed by atoms with Crippen LogP contribution in [0.4, 0.5) is 10.5 Å². The number of anilines is 1. The molecule has 1 atom stereocenters. The second-order valence-corrected chi connectivity index (χ2v) is 4.04. The lowest BCUT2D eigenvalue weighted by Gasteiger charge is -2.15. The number of amides is 1. The minimum absolute atomic E-state index is 0.349. The van der Waals surface area contributed by atoms with Gasteiger partial charge in [-0.1, -0.05) is 17.3 Å². The van der Waals surface area contributed by atoms with Gasteiger partial charge in [-0.15, -0.1) is 0 Å². The summed E-state index contributed by atoms with van der Waals surface area (Å²) in [5, 5.41) is 3.00. The molecule has 1 amide bonds. The number of hydrogen-bond acceptors (Lipinski definition) is 4. The quantitative estimate of drug-likeness (QED) is 0.739. The first-order chi connectivity index (χ1) is 8.17. The standard InChI is InChI=1S/C12H14N2O3/c1-8(13-16)9-3-4-11-10(7-9)5-6-14(11)12(15)17-2/h3-4,7-8H,5-6H2,1-2H3. The van der Waals surface area contributed by atoms with Gasteiger partial charge >= 0.3 is 6.09 Å².